The molecule has 0 saturated heterocycles. The average Bonchev–Trinajstić information content (AvgIpc) is 2.41. The Kier molecular flexibility index (Phi) is 3.35. The molecule has 0 saturated carbocycles. The quantitative estimate of drug-likeness (QED) is 0.821. The molecule has 2 rings (SSSR count). The molecule has 0 spiro atoms. The Bertz CT molecular complexity index is 733. The largest absolute Gasteiger partial charge is 0.399 e. The lowest BCUT2D eigenvalue weighted by atomic mass is 10.3. The number of aromatic nitrogens is 1. The molecule has 96 valence electrons. The van der Waals surface area contributed by atoms with Crippen molar-refractivity contribution in [2.75, 3.05) is 10.5 Å². The van der Waals surface area contributed by atoms with E-state index >= 15 is 0 Å². The minimum absolute atomic E-state index is 0.148. The van der Waals surface area contributed by atoms with Crippen LogP contribution in [0, 0.1) is 11.3 Å². The molecular formula is C12H10N4O2S. The van der Waals surface area contributed by atoms with Gasteiger partial charge in [-0.1, -0.05) is 0 Å². The van der Waals surface area contributed by atoms with Crippen LogP contribution in [0.25, 0.3) is 0 Å². The molecule has 3 N–H and O–H groups in total. The van der Waals surface area contributed by atoms with Crippen LogP contribution < -0.4 is 10.5 Å². The van der Waals surface area contributed by atoms with E-state index in [1.54, 1.807) is 18.2 Å². The van der Waals surface area contributed by atoms with Gasteiger partial charge in [-0.15, -0.1) is 0 Å². The predicted octanol–water partition coefficient (Wildman–Crippen LogP) is 1.34. The molecule has 0 aliphatic rings. The molecule has 1 aromatic carbocycles. The van der Waals surface area contributed by atoms with Gasteiger partial charge in [0.25, 0.3) is 10.0 Å². The number of rotatable bonds is 3. The van der Waals surface area contributed by atoms with Gasteiger partial charge in [-0.25, -0.2) is 13.4 Å². The summed E-state index contributed by atoms with van der Waals surface area (Å²) in [5, 5.41) is 8.86. The zero-order valence-corrected chi connectivity index (χ0v) is 10.6. The minimum atomic E-state index is -3.84. The Morgan fingerprint density at radius 2 is 1.89 bits per heavy atom. The van der Waals surface area contributed by atoms with Gasteiger partial charge < -0.3 is 5.73 Å². The Hall–Kier alpha value is -2.59. The highest BCUT2D eigenvalue weighted by Crippen LogP contribution is 2.18. The van der Waals surface area contributed by atoms with Crippen LogP contribution in [0.5, 0.6) is 0 Å². The Labute approximate surface area is 110 Å². The summed E-state index contributed by atoms with van der Waals surface area (Å²) in [6.07, 6.45) is 1.36. The van der Waals surface area contributed by atoms with Gasteiger partial charge in [0, 0.05) is 17.6 Å². The van der Waals surface area contributed by atoms with Crippen molar-refractivity contribution in [1.29, 1.82) is 5.26 Å². The van der Waals surface area contributed by atoms with Crippen LogP contribution in [0.1, 0.15) is 5.69 Å². The fourth-order valence-electron chi connectivity index (χ4n) is 1.45. The van der Waals surface area contributed by atoms with Gasteiger partial charge >= 0.3 is 0 Å². The van der Waals surface area contributed by atoms with E-state index in [1.165, 1.54) is 30.5 Å². The van der Waals surface area contributed by atoms with Gasteiger partial charge in [-0.2, -0.15) is 5.26 Å². The van der Waals surface area contributed by atoms with Crippen molar-refractivity contribution in [3.63, 3.8) is 0 Å². The summed E-state index contributed by atoms with van der Waals surface area (Å²) < 4.78 is 26.6. The van der Waals surface area contributed by atoms with Crippen molar-refractivity contribution < 1.29 is 8.42 Å². The van der Waals surface area contributed by atoms with Crippen molar-refractivity contribution in [3.05, 3.63) is 48.3 Å². The number of pyridine rings is 1. The number of benzene rings is 1. The van der Waals surface area contributed by atoms with Crippen molar-refractivity contribution in [2.45, 2.75) is 4.90 Å². The maximum Gasteiger partial charge on any atom is 0.264 e. The minimum Gasteiger partial charge on any atom is -0.399 e. The molecule has 0 radical (unpaired) electrons. The van der Waals surface area contributed by atoms with Crippen molar-refractivity contribution in [2.24, 2.45) is 0 Å². The number of nitrogens with one attached hydrogen (secondary N) is 1. The standard InChI is InChI=1S/C12H10N4O2S/c13-8-11-12(2-1-7-15-11)19(17,18)16-10-5-3-9(14)4-6-10/h1-7,16H,14H2. The smallest absolute Gasteiger partial charge is 0.264 e. The van der Waals surface area contributed by atoms with Gasteiger partial charge in [0.2, 0.25) is 0 Å². The summed E-state index contributed by atoms with van der Waals surface area (Å²) in [6.45, 7) is 0. The molecule has 0 aliphatic heterocycles. The number of anilines is 2. The zero-order chi connectivity index (χ0) is 13.9. The fraction of sp³-hybridized carbons (Fsp3) is 0. The van der Waals surface area contributed by atoms with Crippen LogP contribution in [0.2, 0.25) is 0 Å². The third kappa shape index (κ3) is 2.81. The van der Waals surface area contributed by atoms with Gasteiger partial charge in [-0.3, -0.25) is 4.72 Å². The van der Waals surface area contributed by atoms with Crippen LogP contribution >= 0.6 is 0 Å². The van der Waals surface area contributed by atoms with Crippen LogP contribution in [0.3, 0.4) is 0 Å². The zero-order valence-electron chi connectivity index (χ0n) is 9.74. The van der Waals surface area contributed by atoms with E-state index < -0.39 is 10.0 Å². The molecule has 0 atom stereocenters. The lowest BCUT2D eigenvalue weighted by molar-refractivity contribution is 0.600. The third-order valence-corrected chi connectivity index (χ3v) is 3.74. The van der Waals surface area contributed by atoms with E-state index in [2.05, 4.69) is 9.71 Å². The highest BCUT2D eigenvalue weighted by atomic mass is 32.2. The Morgan fingerprint density at radius 3 is 2.53 bits per heavy atom. The molecule has 0 bridgehead atoms. The first-order chi connectivity index (χ1) is 9.03. The third-order valence-electron chi connectivity index (χ3n) is 2.33. The van der Waals surface area contributed by atoms with E-state index in [0.717, 1.165) is 0 Å². The monoisotopic (exact) mass is 274 g/mol. The number of nitrogens with two attached hydrogens (primary N) is 1. The number of nitriles is 1. The van der Waals surface area contributed by atoms with E-state index in [-0.39, 0.29) is 10.6 Å². The number of nitrogens with zero attached hydrogens (tertiary/aromatic N) is 2. The van der Waals surface area contributed by atoms with Crippen molar-refractivity contribution >= 4 is 21.4 Å². The second-order valence-electron chi connectivity index (χ2n) is 3.69. The predicted molar refractivity (Wildman–Crippen MR) is 70.6 cm³/mol. The molecule has 0 unspecified atom stereocenters. The fourth-order valence-corrected chi connectivity index (χ4v) is 2.62. The second-order valence-corrected chi connectivity index (χ2v) is 5.34. The van der Waals surface area contributed by atoms with Crippen molar-refractivity contribution in [1.82, 2.24) is 4.98 Å². The summed E-state index contributed by atoms with van der Waals surface area (Å²) in [6, 6.07) is 10.8. The number of hydrogen-bond donors (Lipinski definition) is 2. The van der Waals surface area contributed by atoms with Gasteiger partial charge in [0.1, 0.15) is 11.0 Å². The van der Waals surface area contributed by atoms with E-state index in [9.17, 15) is 8.42 Å². The molecular weight excluding hydrogens is 264 g/mol. The molecule has 0 aliphatic carbocycles. The van der Waals surface area contributed by atoms with Crippen molar-refractivity contribution in [3.8, 4) is 6.07 Å². The molecule has 6 nitrogen and oxygen atoms in total. The summed E-state index contributed by atoms with van der Waals surface area (Å²) >= 11 is 0. The highest BCUT2D eigenvalue weighted by molar-refractivity contribution is 7.92. The summed E-state index contributed by atoms with van der Waals surface area (Å²) in [5.74, 6) is 0. The van der Waals surface area contributed by atoms with E-state index in [4.69, 9.17) is 11.0 Å². The lowest BCUT2D eigenvalue weighted by Crippen LogP contribution is -2.15. The summed E-state index contributed by atoms with van der Waals surface area (Å²) in [5.41, 5.74) is 6.26. The first kappa shape index (κ1) is 12.9. The molecule has 0 amide bonds. The highest BCUT2D eigenvalue weighted by Gasteiger charge is 2.19. The van der Waals surface area contributed by atoms with Crippen LogP contribution in [0.15, 0.2) is 47.5 Å². The SMILES string of the molecule is N#Cc1ncccc1S(=O)(=O)Nc1ccc(N)cc1. The van der Waals surface area contributed by atoms with Crippen LogP contribution in [-0.4, -0.2) is 13.4 Å². The van der Waals surface area contributed by atoms with E-state index in [1.807, 2.05) is 0 Å². The maximum absolute atomic E-state index is 12.1. The average molecular weight is 274 g/mol. The number of nitrogen functional groups attached to an aromatic ring is 1. The molecule has 2 aromatic rings. The van der Waals surface area contributed by atoms with Gasteiger partial charge in [0.15, 0.2) is 5.69 Å². The number of hydrogen-bond acceptors (Lipinski definition) is 5. The normalized spacial score (nSPS) is 10.7. The van der Waals surface area contributed by atoms with Gasteiger partial charge in [0.05, 0.1) is 0 Å². The molecule has 0 fully saturated rings. The molecule has 7 heteroatoms. The molecule has 19 heavy (non-hydrogen) atoms. The first-order valence-corrected chi connectivity index (χ1v) is 6.75. The lowest BCUT2D eigenvalue weighted by Gasteiger charge is -2.08. The second kappa shape index (κ2) is 4.96. The van der Waals surface area contributed by atoms with Crippen LogP contribution in [-0.2, 0) is 10.0 Å². The Morgan fingerprint density at radius 1 is 1.21 bits per heavy atom. The maximum atomic E-state index is 12.1. The van der Waals surface area contributed by atoms with Gasteiger partial charge in [-0.05, 0) is 36.4 Å². The summed E-state index contributed by atoms with van der Waals surface area (Å²) in [4.78, 5) is 3.56. The van der Waals surface area contributed by atoms with E-state index in [0.29, 0.717) is 11.4 Å². The summed E-state index contributed by atoms with van der Waals surface area (Å²) in [7, 11) is -3.84. The van der Waals surface area contributed by atoms with Crippen LogP contribution in [0.4, 0.5) is 11.4 Å². The Balaban J connectivity index is 2.38. The molecule has 1 heterocycles. The molecule has 1 aromatic heterocycles. The topological polar surface area (TPSA) is 109 Å². The number of sulfonamides is 1. The first-order valence-electron chi connectivity index (χ1n) is 5.26.